The van der Waals surface area contributed by atoms with Gasteiger partial charge in [0.15, 0.2) is 0 Å². The van der Waals surface area contributed by atoms with Crippen LogP contribution in [0.15, 0.2) is 24.3 Å². The molecule has 0 unspecified atom stereocenters. The van der Waals surface area contributed by atoms with Gasteiger partial charge < -0.3 is 5.73 Å². The van der Waals surface area contributed by atoms with E-state index >= 15 is 0 Å². The minimum atomic E-state index is -3.38. The van der Waals surface area contributed by atoms with E-state index in [1.165, 1.54) is 9.87 Å². The minimum Gasteiger partial charge on any atom is -0.330 e. The van der Waals surface area contributed by atoms with Crippen LogP contribution in [-0.4, -0.2) is 32.4 Å². The van der Waals surface area contributed by atoms with Crippen molar-refractivity contribution >= 4 is 10.2 Å². The zero-order valence-electron chi connectivity index (χ0n) is 11.9. The lowest BCUT2D eigenvalue weighted by atomic mass is 9.99. The SMILES string of the molecule is Cc1ccc(CNS(=O)(=O)N2CCC(CN)CC2)cc1. The highest BCUT2D eigenvalue weighted by Gasteiger charge is 2.26. The highest BCUT2D eigenvalue weighted by atomic mass is 32.2. The zero-order chi connectivity index (χ0) is 14.6. The van der Waals surface area contributed by atoms with Gasteiger partial charge in [0.1, 0.15) is 0 Å². The van der Waals surface area contributed by atoms with Crippen LogP contribution >= 0.6 is 0 Å². The van der Waals surface area contributed by atoms with Crippen LogP contribution in [0.3, 0.4) is 0 Å². The molecule has 0 aromatic heterocycles. The third-order valence-electron chi connectivity index (χ3n) is 3.83. The maximum Gasteiger partial charge on any atom is 0.279 e. The van der Waals surface area contributed by atoms with Gasteiger partial charge in [-0.1, -0.05) is 29.8 Å². The molecule has 0 amide bonds. The number of benzene rings is 1. The van der Waals surface area contributed by atoms with Gasteiger partial charge in [-0.15, -0.1) is 0 Å². The maximum absolute atomic E-state index is 12.2. The number of hydrogen-bond donors (Lipinski definition) is 2. The van der Waals surface area contributed by atoms with E-state index in [9.17, 15) is 8.42 Å². The summed E-state index contributed by atoms with van der Waals surface area (Å²) in [5.74, 6) is 0.457. The summed E-state index contributed by atoms with van der Waals surface area (Å²) in [5, 5.41) is 0. The lowest BCUT2D eigenvalue weighted by molar-refractivity contribution is 0.275. The molecule has 112 valence electrons. The Balaban J connectivity index is 1.89. The van der Waals surface area contributed by atoms with Crippen molar-refractivity contribution in [2.75, 3.05) is 19.6 Å². The summed E-state index contributed by atoms with van der Waals surface area (Å²) in [6, 6.07) is 7.85. The smallest absolute Gasteiger partial charge is 0.279 e. The lowest BCUT2D eigenvalue weighted by Crippen LogP contribution is -2.45. The average Bonchev–Trinajstić information content (AvgIpc) is 2.47. The Kier molecular flexibility index (Phi) is 5.15. The van der Waals surface area contributed by atoms with Gasteiger partial charge in [0.05, 0.1) is 0 Å². The minimum absolute atomic E-state index is 0.333. The zero-order valence-corrected chi connectivity index (χ0v) is 12.7. The van der Waals surface area contributed by atoms with E-state index in [1.54, 1.807) is 0 Å². The highest BCUT2D eigenvalue weighted by Crippen LogP contribution is 2.18. The van der Waals surface area contributed by atoms with Crippen LogP contribution < -0.4 is 10.5 Å². The second-order valence-corrected chi connectivity index (χ2v) is 7.15. The molecule has 0 saturated carbocycles. The van der Waals surface area contributed by atoms with Gasteiger partial charge >= 0.3 is 0 Å². The first-order valence-electron chi connectivity index (χ1n) is 7.01. The van der Waals surface area contributed by atoms with Gasteiger partial charge in [0, 0.05) is 19.6 Å². The third kappa shape index (κ3) is 4.02. The Hall–Kier alpha value is -0.950. The first-order chi connectivity index (χ1) is 9.51. The molecule has 1 aromatic carbocycles. The molecule has 2 rings (SSSR count). The van der Waals surface area contributed by atoms with Crippen molar-refractivity contribution < 1.29 is 8.42 Å². The summed E-state index contributed by atoms with van der Waals surface area (Å²) in [4.78, 5) is 0. The molecule has 0 radical (unpaired) electrons. The van der Waals surface area contributed by atoms with Crippen molar-refractivity contribution in [2.24, 2.45) is 11.7 Å². The van der Waals surface area contributed by atoms with Crippen molar-refractivity contribution in [2.45, 2.75) is 26.3 Å². The van der Waals surface area contributed by atoms with Crippen LogP contribution in [0.4, 0.5) is 0 Å². The van der Waals surface area contributed by atoms with Crippen molar-refractivity contribution in [3.8, 4) is 0 Å². The Labute approximate surface area is 121 Å². The number of hydrogen-bond acceptors (Lipinski definition) is 3. The highest BCUT2D eigenvalue weighted by molar-refractivity contribution is 7.87. The summed E-state index contributed by atoms with van der Waals surface area (Å²) in [7, 11) is -3.38. The summed E-state index contributed by atoms with van der Waals surface area (Å²) in [6.07, 6.45) is 1.70. The average molecular weight is 297 g/mol. The fourth-order valence-corrected chi connectivity index (χ4v) is 3.58. The topological polar surface area (TPSA) is 75.4 Å². The molecule has 1 aliphatic rings. The van der Waals surface area contributed by atoms with Gasteiger partial charge in [0.2, 0.25) is 0 Å². The summed E-state index contributed by atoms with van der Waals surface area (Å²) in [6.45, 7) is 4.11. The molecule has 0 atom stereocenters. The molecule has 3 N–H and O–H groups in total. The van der Waals surface area contributed by atoms with Crippen LogP contribution in [0.2, 0.25) is 0 Å². The molecule has 0 aliphatic carbocycles. The number of aryl methyl sites for hydroxylation is 1. The van der Waals surface area contributed by atoms with Crippen LogP contribution in [0, 0.1) is 12.8 Å². The monoisotopic (exact) mass is 297 g/mol. The molecule has 1 aromatic rings. The number of piperidine rings is 1. The third-order valence-corrected chi connectivity index (χ3v) is 5.38. The molecule has 0 bridgehead atoms. The van der Waals surface area contributed by atoms with E-state index in [0.29, 0.717) is 32.1 Å². The number of rotatable bonds is 5. The number of nitrogens with two attached hydrogens (primary N) is 1. The van der Waals surface area contributed by atoms with E-state index < -0.39 is 10.2 Å². The predicted molar refractivity (Wildman–Crippen MR) is 80.3 cm³/mol. The van der Waals surface area contributed by atoms with Gasteiger partial charge in [-0.05, 0) is 37.8 Å². The van der Waals surface area contributed by atoms with E-state index in [2.05, 4.69) is 4.72 Å². The molecule has 1 saturated heterocycles. The Morgan fingerprint density at radius 1 is 1.25 bits per heavy atom. The molecule has 5 nitrogen and oxygen atoms in total. The number of nitrogens with zero attached hydrogens (tertiary/aromatic N) is 1. The van der Waals surface area contributed by atoms with Gasteiger partial charge in [0.25, 0.3) is 10.2 Å². The molecule has 1 aliphatic heterocycles. The van der Waals surface area contributed by atoms with Crippen molar-refractivity contribution in [3.63, 3.8) is 0 Å². The summed E-state index contributed by atoms with van der Waals surface area (Å²) in [5.41, 5.74) is 7.76. The van der Waals surface area contributed by atoms with E-state index in [0.717, 1.165) is 18.4 Å². The molecular formula is C14H23N3O2S. The standard InChI is InChI=1S/C14H23N3O2S/c1-12-2-4-14(5-3-12)11-16-20(18,19)17-8-6-13(10-15)7-9-17/h2-5,13,16H,6-11,15H2,1H3. The van der Waals surface area contributed by atoms with E-state index in [1.807, 2.05) is 31.2 Å². The first kappa shape index (κ1) is 15.4. The van der Waals surface area contributed by atoms with Gasteiger partial charge in [-0.2, -0.15) is 17.4 Å². The van der Waals surface area contributed by atoms with Crippen molar-refractivity contribution in [1.82, 2.24) is 9.03 Å². The fraction of sp³-hybridized carbons (Fsp3) is 0.571. The Morgan fingerprint density at radius 2 is 1.85 bits per heavy atom. The van der Waals surface area contributed by atoms with Crippen LogP contribution in [0.1, 0.15) is 24.0 Å². The number of nitrogens with one attached hydrogen (secondary N) is 1. The molecular weight excluding hydrogens is 274 g/mol. The fourth-order valence-electron chi connectivity index (χ4n) is 2.36. The first-order valence-corrected chi connectivity index (χ1v) is 8.45. The second-order valence-electron chi connectivity index (χ2n) is 5.39. The van der Waals surface area contributed by atoms with Gasteiger partial charge in [-0.3, -0.25) is 0 Å². The molecule has 1 fully saturated rings. The summed E-state index contributed by atoms with van der Waals surface area (Å²) < 4.78 is 28.6. The second kappa shape index (κ2) is 6.67. The van der Waals surface area contributed by atoms with Crippen LogP contribution in [-0.2, 0) is 16.8 Å². The van der Waals surface area contributed by atoms with Crippen LogP contribution in [0.25, 0.3) is 0 Å². The van der Waals surface area contributed by atoms with E-state index in [-0.39, 0.29) is 0 Å². The largest absolute Gasteiger partial charge is 0.330 e. The maximum atomic E-state index is 12.2. The van der Waals surface area contributed by atoms with Gasteiger partial charge in [-0.25, -0.2) is 0 Å². The quantitative estimate of drug-likeness (QED) is 0.851. The van der Waals surface area contributed by atoms with E-state index in [4.69, 9.17) is 5.73 Å². The lowest BCUT2D eigenvalue weighted by Gasteiger charge is -2.30. The van der Waals surface area contributed by atoms with Crippen molar-refractivity contribution in [3.05, 3.63) is 35.4 Å². The molecule has 20 heavy (non-hydrogen) atoms. The normalized spacial score (nSPS) is 18.3. The van der Waals surface area contributed by atoms with Crippen molar-refractivity contribution in [1.29, 1.82) is 0 Å². The molecule has 1 heterocycles. The molecule has 0 spiro atoms. The Morgan fingerprint density at radius 3 is 2.40 bits per heavy atom. The summed E-state index contributed by atoms with van der Waals surface area (Å²) >= 11 is 0. The Bertz CT molecular complexity index is 520. The van der Waals surface area contributed by atoms with Crippen LogP contribution in [0.5, 0.6) is 0 Å². The predicted octanol–water partition coefficient (Wildman–Crippen LogP) is 1.00. The molecule has 6 heteroatoms.